The van der Waals surface area contributed by atoms with Crippen LogP contribution in [0.15, 0.2) is 121 Å². The predicted octanol–water partition coefficient (Wildman–Crippen LogP) is 7.00. The van der Waals surface area contributed by atoms with Gasteiger partial charge in [-0.15, -0.1) is 0 Å². The fourth-order valence-electron chi connectivity index (χ4n) is 7.61. The van der Waals surface area contributed by atoms with Gasteiger partial charge >= 0.3 is 0 Å². The lowest BCUT2D eigenvalue weighted by Crippen LogP contribution is -2.50. The van der Waals surface area contributed by atoms with Crippen molar-refractivity contribution in [3.63, 3.8) is 0 Å². The Labute approximate surface area is 223 Å². The highest BCUT2D eigenvalue weighted by Gasteiger charge is 2.60. The van der Waals surface area contributed by atoms with Gasteiger partial charge < -0.3 is 10.2 Å². The van der Waals surface area contributed by atoms with E-state index in [9.17, 15) is 10.2 Å². The maximum absolute atomic E-state index is 11.7. The summed E-state index contributed by atoms with van der Waals surface area (Å²) in [6.07, 6.45) is 0. The molecule has 0 saturated heterocycles. The first-order valence-corrected chi connectivity index (χ1v) is 13.3. The molecule has 38 heavy (non-hydrogen) atoms. The Morgan fingerprint density at radius 2 is 0.789 bits per heavy atom. The van der Waals surface area contributed by atoms with Gasteiger partial charge in [-0.3, -0.25) is 0 Å². The SMILES string of the molecule is Cc1ccc(C(C2(CO)c3ccccc3-c3ccccc32)C2(CO)c3ccccc3-c3ccccc32)cc1. The zero-order chi connectivity index (χ0) is 25.9. The Morgan fingerprint density at radius 3 is 1.11 bits per heavy atom. The summed E-state index contributed by atoms with van der Waals surface area (Å²) in [5.74, 6) is -0.278. The molecule has 0 spiro atoms. The number of aliphatic hydroxyl groups is 2. The van der Waals surface area contributed by atoms with Crippen molar-refractivity contribution >= 4 is 0 Å². The number of rotatable bonds is 5. The Morgan fingerprint density at radius 1 is 0.474 bits per heavy atom. The second kappa shape index (κ2) is 8.52. The van der Waals surface area contributed by atoms with E-state index in [0.717, 1.165) is 50.1 Å². The lowest BCUT2D eigenvalue weighted by atomic mass is 9.53. The Balaban J connectivity index is 1.66. The number of hydrogen-bond donors (Lipinski definition) is 2. The molecule has 0 aromatic heterocycles. The molecule has 0 bridgehead atoms. The summed E-state index contributed by atoms with van der Waals surface area (Å²) in [6, 6.07) is 42.6. The summed E-state index contributed by atoms with van der Waals surface area (Å²) in [5.41, 5.74) is 9.83. The van der Waals surface area contributed by atoms with Gasteiger partial charge in [0.2, 0.25) is 0 Å². The first-order valence-electron chi connectivity index (χ1n) is 13.3. The van der Waals surface area contributed by atoms with Crippen molar-refractivity contribution in [3.05, 3.63) is 155 Å². The quantitative estimate of drug-likeness (QED) is 0.276. The zero-order valence-electron chi connectivity index (χ0n) is 21.4. The second-order valence-corrected chi connectivity index (χ2v) is 10.8. The summed E-state index contributed by atoms with van der Waals surface area (Å²) in [5, 5.41) is 23.4. The van der Waals surface area contributed by atoms with Crippen molar-refractivity contribution < 1.29 is 10.2 Å². The van der Waals surface area contributed by atoms with E-state index in [2.05, 4.69) is 128 Å². The summed E-state index contributed by atoms with van der Waals surface area (Å²) in [7, 11) is 0. The van der Waals surface area contributed by atoms with Crippen LogP contribution in [0, 0.1) is 6.92 Å². The van der Waals surface area contributed by atoms with Crippen LogP contribution in [0.5, 0.6) is 0 Å². The molecule has 2 aliphatic carbocycles. The lowest BCUT2D eigenvalue weighted by Gasteiger charge is -2.49. The van der Waals surface area contributed by atoms with E-state index in [1.807, 2.05) is 0 Å². The molecule has 2 heteroatoms. The van der Waals surface area contributed by atoms with Crippen LogP contribution in [-0.2, 0) is 10.8 Å². The van der Waals surface area contributed by atoms with Crippen LogP contribution in [0.4, 0.5) is 0 Å². The number of hydrogen-bond acceptors (Lipinski definition) is 2. The Kier molecular flexibility index (Phi) is 5.20. The van der Waals surface area contributed by atoms with Gasteiger partial charge in [-0.2, -0.15) is 0 Å². The molecule has 2 aliphatic rings. The average Bonchev–Trinajstić information content (AvgIpc) is 3.43. The number of aryl methyl sites for hydroxylation is 1. The van der Waals surface area contributed by atoms with Crippen LogP contribution in [0.25, 0.3) is 22.3 Å². The largest absolute Gasteiger partial charge is 0.395 e. The van der Waals surface area contributed by atoms with Crippen LogP contribution in [0.1, 0.15) is 39.3 Å². The Hall–Kier alpha value is -3.98. The molecule has 7 rings (SSSR count). The zero-order valence-corrected chi connectivity index (χ0v) is 21.4. The highest BCUT2D eigenvalue weighted by Crippen LogP contribution is 2.65. The number of fused-ring (bicyclic) bond motifs is 6. The molecule has 0 heterocycles. The second-order valence-electron chi connectivity index (χ2n) is 10.8. The molecular formula is C36H30O2. The summed E-state index contributed by atoms with van der Waals surface area (Å²) >= 11 is 0. The van der Waals surface area contributed by atoms with Crippen LogP contribution >= 0.6 is 0 Å². The van der Waals surface area contributed by atoms with Gasteiger partial charge in [0.05, 0.1) is 24.0 Å². The van der Waals surface area contributed by atoms with E-state index < -0.39 is 10.8 Å². The lowest BCUT2D eigenvalue weighted by molar-refractivity contribution is 0.128. The van der Waals surface area contributed by atoms with Gasteiger partial charge in [0.15, 0.2) is 0 Å². The fraction of sp³-hybridized carbons (Fsp3) is 0.167. The van der Waals surface area contributed by atoms with E-state index in [-0.39, 0.29) is 19.1 Å². The third-order valence-corrected chi connectivity index (χ3v) is 9.11. The highest BCUT2D eigenvalue weighted by molar-refractivity contribution is 5.86. The molecule has 2 nitrogen and oxygen atoms in total. The Bertz CT molecular complexity index is 1470. The van der Waals surface area contributed by atoms with Gasteiger partial charge in [0.1, 0.15) is 0 Å². The van der Waals surface area contributed by atoms with Crippen molar-refractivity contribution in [1.82, 2.24) is 0 Å². The molecule has 0 unspecified atom stereocenters. The number of benzene rings is 5. The van der Waals surface area contributed by atoms with Gasteiger partial charge in [-0.05, 0) is 57.0 Å². The maximum Gasteiger partial charge on any atom is 0.0575 e. The smallest absolute Gasteiger partial charge is 0.0575 e. The predicted molar refractivity (Wildman–Crippen MR) is 153 cm³/mol. The van der Waals surface area contributed by atoms with E-state index in [4.69, 9.17) is 0 Å². The average molecular weight is 495 g/mol. The molecule has 0 radical (unpaired) electrons. The summed E-state index contributed by atoms with van der Waals surface area (Å²) in [6.45, 7) is 1.94. The van der Waals surface area contributed by atoms with Crippen molar-refractivity contribution in [2.45, 2.75) is 23.7 Å². The summed E-state index contributed by atoms with van der Waals surface area (Å²) in [4.78, 5) is 0. The normalized spacial score (nSPS) is 15.6. The third-order valence-electron chi connectivity index (χ3n) is 9.11. The molecule has 0 fully saturated rings. The molecule has 0 saturated carbocycles. The topological polar surface area (TPSA) is 40.5 Å². The standard InChI is InChI=1S/C36H30O2/c1-24-18-20-25(21-19-24)34(35(22-37)30-14-6-2-10-26(30)27-11-3-7-15-31(27)35)36(23-38)32-16-8-4-12-28(32)29-13-5-9-17-33(29)36/h2-21,34,37-38H,22-23H2,1H3. The molecule has 5 aromatic carbocycles. The molecule has 0 atom stereocenters. The molecule has 0 aliphatic heterocycles. The van der Waals surface area contributed by atoms with Crippen molar-refractivity contribution in [1.29, 1.82) is 0 Å². The molecule has 5 aromatic rings. The minimum Gasteiger partial charge on any atom is -0.395 e. The van der Waals surface area contributed by atoms with E-state index in [0.29, 0.717) is 0 Å². The number of aliphatic hydroxyl groups excluding tert-OH is 2. The molecular weight excluding hydrogens is 464 g/mol. The van der Waals surface area contributed by atoms with Gasteiger partial charge in [0, 0.05) is 5.92 Å². The first kappa shape index (κ1) is 23.2. The third kappa shape index (κ3) is 2.85. The van der Waals surface area contributed by atoms with Crippen molar-refractivity contribution in [2.75, 3.05) is 13.2 Å². The van der Waals surface area contributed by atoms with E-state index in [1.54, 1.807) is 0 Å². The van der Waals surface area contributed by atoms with Gasteiger partial charge in [-0.1, -0.05) is 127 Å². The first-order chi connectivity index (χ1) is 18.7. The molecule has 0 amide bonds. The summed E-state index contributed by atoms with van der Waals surface area (Å²) < 4.78 is 0. The monoisotopic (exact) mass is 494 g/mol. The van der Waals surface area contributed by atoms with Gasteiger partial charge in [0.25, 0.3) is 0 Å². The maximum atomic E-state index is 11.7. The fourth-order valence-corrected chi connectivity index (χ4v) is 7.61. The van der Waals surface area contributed by atoms with Gasteiger partial charge in [-0.25, -0.2) is 0 Å². The highest BCUT2D eigenvalue weighted by atomic mass is 16.3. The molecule has 186 valence electrons. The molecule has 2 N–H and O–H groups in total. The minimum absolute atomic E-state index is 0.0777. The van der Waals surface area contributed by atoms with Crippen molar-refractivity contribution in [3.8, 4) is 22.3 Å². The van der Waals surface area contributed by atoms with E-state index >= 15 is 0 Å². The minimum atomic E-state index is -0.768. The van der Waals surface area contributed by atoms with E-state index in [1.165, 1.54) is 5.56 Å². The van der Waals surface area contributed by atoms with Crippen LogP contribution in [0.3, 0.4) is 0 Å². The van der Waals surface area contributed by atoms with Crippen LogP contribution in [-0.4, -0.2) is 23.4 Å². The van der Waals surface area contributed by atoms with Crippen molar-refractivity contribution in [2.24, 2.45) is 0 Å². The van der Waals surface area contributed by atoms with Crippen LogP contribution < -0.4 is 0 Å². The van der Waals surface area contributed by atoms with Crippen LogP contribution in [0.2, 0.25) is 0 Å².